The van der Waals surface area contributed by atoms with Gasteiger partial charge in [0.1, 0.15) is 11.6 Å². The fourth-order valence-corrected chi connectivity index (χ4v) is 6.76. The minimum absolute atomic E-state index is 0.0526. The van der Waals surface area contributed by atoms with Crippen LogP contribution in [0.5, 0.6) is 0 Å². The smallest absolute Gasteiger partial charge is 0.310 e. The fraction of sp³-hybridized carbons (Fsp3) is 0.800. The molecule has 6 atom stereocenters. The molecular weight excluding hydrogens is 424 g/mol. The van der Waals surface area contributed by atoms with Gasteiger partial charge in [0.15, 0.2) is 0 Å². The van der Waals surface area contributed by atoms with Crippen molar-refractivity contribution >= 4 is 17.8 Å². The van der Waals surface area contributed by atoms with Gasteiger partial charge in [-0.2, -0.15) is 0 Å². The van der Waals surface area contributed by atoms with Crippen LogP contribution in [0, 0.1) is 17.3 Å². The number of amides is 2. The van der Waals surface area contributed by atoms with Crippen LogP contribution >= 0.6 is 0 Å². The Kier molecular flexibility index (Phi) is 6.77. The van der Waals surface area contributed by atoms with E-state index in [0.717, 1.165) is 6.42 Å². The molecule has 2 N–H and O–H groups in total. The summed E-state index contributed by atoms with van der Waals surface area (Å²) in [6, 6.07) is -1.56. The molecule has 8 heteroatoms. The van der Waals surface area contributed by atoms with E-state index >= 15 is 0 Å². The first-order valence-corrected chi connectivity index (χ1v) is 12.0. The Labute approximate surface area is 196 Å². The van der Waals surface area contributed by atoms with Crippen LogP contribution in [0.1, 0.15) is 67.2 Å². The van der Waals surface area contributed by atoms with Gasteiger partial charge in [-0.3, -0.25) is 14.4 Å². The third-order valence-corrected chi connectivity index (χ3v) is 7.60. The van der Waals surface area contributed by atoms with Gasteiger partial charge in [-0.25, -0.2) is 0 Å². The highest BCUT2D eigenvalue weighted by Gasteiger charge is 2.75. The van der Waals surface area contributed by atoms with Gasteiger partial charge in [-0.05, 0) is 44.9 Å². The lowest BCUT2D eigenvalue weighted by Gasteiger charge is -2.46. The predicted octanol–water partition coefficient (Wildman–Crippen LogP) is 2.45. The Balaban J connectivity index is 2.11. The Hall–Kier alpha value is -1.93. The number of hydrogen-bond donors (Lipinski definition) is 2. The summed E-state index contributed by atoms with van der Waals surface area (Å²) in [6.07, 6.45) is 3.22. The van der Waals surface area contributed by atoms with Crippen LogP contribution in [0.3, 0.4) is 0 Å². The van der Waals surface area contributed by atoms with Gasteiger partial charge < -0.3 is 24.7 Å². The monoisotopic (exact) mass is 464 g/mol. The van der Waals surface area contributed by atoms with Crippen LogP contribution in [0.2, 0.25) is 0 Å². The molecule has 8 nitrogen and oxygen atoms in total. The first kappa shape index (κ1) is 25.7. The maximum atomic E-state index is 14.3. The molecule has 2 amide bonds. The van der Waals surface area contributed by atoms with E-state index in [1.165, 1.54) is 4.90 Å². The first-order chi connectivity index (χ1) is 15.3. The summed E-state index contributed by atoms with van der Waals surface area (Å²) in [5.41, 5.74) is -1.78. The molecule has 3 aliphatic heterocycles. The highest BCUT2D eigenvalue weighted by Crippen LogP contribution is 2.59. The van der Waals surface area contributed by atoms with Crippen molar-refractivity contribution in [2.75, 3.05) is 13.2 Å². The van der Waals surface area contributed by atoms with E-state index in [1.54, 1.807) is 11.0 Å². The quantitative estimate of drug-likeness (QED) is 0.508. The maximum Gasteiger partial charge on any atom is 0.310 e. The number of aliphatic carboxylic acids is 1. The summed E-state index contributed by atoms with van der Waals surface area (Å²) in [6.45, 7) is 16.0. The molecule has 0 aliphatic carbocycles. The summed E-state index contributed by atoms with van der Waals surface area (Å²) in [4.78, 5) is 43.4. The lowest BCUT2D eigenvalue weighted by molar-refractivity contribution is -0.156. The zero-order valence-corrected chi connectivity index (χ0v) is 20.8. The highest BCUT2D eigenvalue weighted by atomic mass is 16.5. The number of hydrogen-bond acceptors (Lipinski definition) is 5. The van der Waals surface area contributed by atoms with Gasteiger partial charge in [-0.15, -0.1) is 6.58 Å². The Morgan fingerprint density at radius 2 is 1.97 bits per heavy atom. The second kappa shape index (κ2) is 8.69. The van der Waals surface area contributed by atoms with Crippen molar-refractivity contribution in [3.63, 3.8) is 0 Å². The lowest BCUT2D eigenvalue weighted by atomic mass is 9.70. The summed E-state index contributed by atoms with van der Waals surface area (Å²) in [7, 11) is 0. The largest absolute Gasteiger partial charge is 0.481 e. The Morgan fingerprint density at radius 1 is 1.33 bits per heavy atom. The van der Waals surface area contributed by atoms with E-state index in [-0.39, 0.29) is 17.9 Å². The minimum atomic E-state index is -1.18. The van der Waals surface area contributed by atoms with E-state index in [0.29, 0.717) is 25.8 Å². The van der Waals surface area contributed by atoms with Gasteiger partial charge in [0.25, 0.3) is 0 Å². The highest BCUT2D eigenvalue weighted by molar-refractivity contribution is 5.98. The van der Waals surface area contributed by atoms with E-state index in [4.69, 9.17) is 4.74 Å². The fourth-order valence-electron chi connectivity index (χ4n) is 6.76. The van der Waals surface area contributed by atoms with E-state index in [9.17, 15) is 24.6 Å². The van der Waals surface area contributed by atoms with Crippen LogP contribution in [0.4, 0.5) is 0 Å². The predicted molar refractivity (Wildman–Crippen MR) is 123 cm³/mol. The Bertz CT molecular complexity index is 814. The molecule has 0 aromatic rings. The topological polar surface area (TPSA) is 107 Å². The molecule has 0 radical (unpaired) electrons. The van der Waals surface area contributed by atoms with Crippen LogP contribution in [-0.4, -0.2) is 80.3 Å². The molecule has 3 rings (SSSR count). The summed E-state index contributed by atoms with van der Waals surface area (Å²) < 4.78 is 6.27. The van der Waals surface area contributed by atoms with Crippen molar-refractivity contribution in [1.29, 1.82) is 0 Å². The maximum absolute atomic E-state index is 14.3. The molecule has 0 aromatic heterocycles. The van der Waals surface area contributed by atoms with E-state index in [1.807, 2.05) is 20.8 Å². The zero-order chi connectivity index (χ0) is 24.9. The molecule has 3 aliphatic rings. The zero-order valence-electron chi connectivity index (χ0n) is 20.8. The van der Waals surface area contributed by atoms with Crippen molar-refractivity contribution in [2.24, 2.45) is 17.3 Å². The van der Waals surface area contributed by atoms with Crippen molar-refractivity contribution in [3.8, 4) is 0 Å². The van der Waals surface area contributed by atoms with Gasteiger partial charge in [0, 0.05) is 12.1 Å². The standard InChI is InChI=1S/C25H40N2O6/c1-8-12-26(24(6,7)14-23(3,4)5)21(30)19-25-11-10-16(33-25)17(22(31)32)18(25)20(29)27(19)15(9-2)13-28/h8,15-19,28H,1,9-14H2,2-7H3,(H,31,32)/t15-,16+,17-,18-,19+,25-/m0/s1. The second-order valence-electron chi connectivity index (χ2n) is 11.7. The molecule has 3 heterocycles. The summed E-state index contributed by atoms with van der Waals surface area (Å²) in [5, 5.41) is 20.0. The molecule has 2 bridgehead atoms. The number of carboxylic acids is 1. The minimum Gasteiger partial charge on any atom is -0.481 e. The molecule has 186 valence electrons. The molecule has 0 aromatic carbocycles. The van der Waals surface area contributed by atoms with Crippen molar-refractivity contribution in [3.05, 3.63) is 12.7 Å². The van der Waals surface area contributed by atoms with Crippen LogP contribution < -0.4 is 0 Å². The number of carbonyl (C=O) groups excluding carboxylic acids is 2. The summed E-state index contributed by atoms with van der Waals surface area (Å²) >= 11 is 0. The molecular formula is C25H40N2O6. The van der Waals surface area contributed by atoms with Crippen molar-refractivity contribution in [2.45, 2.75) is 96.6 Å². The number of carboxylic acid groups (broad SMARTS) is 1. The SMILES string of the molecule is C=CCN(C(=O)[C@H]1N([C@@H](CC)CO)C(=O)[C@@H]2[C@@H](C(=O)O)[C@H]3CC[C@]21O3)C(C)(C)CC(C)(C)C. The van der Waals surface area contributed by atoms with Crippen LogP contribution in [0.25, 0.3) is 0 Å². The molecule has 0 saturated carbocycles. The van der Waals surface area contributed by atoms with Gasteiger partial charge in [-0.1, -0.05) is 33.8 Å². The van der Waals surface area contributed by atoms with Crippen molar-refractivity contribution in [1.82, 2.24) is 9.80 Å². The third-order valence-electron chi connectivity index (χ3n) is 7.60. The number of likely N-dealkylation sites (tertiary alicyclic amines) is 1. The van der Waals surface area contributed by atoms with Gasteiger partial charge >= 0.3 is 5.97 Å². The van der Waals surface area contributed by atoms with Crippen LogP contribution in [0.15, 0.2) is 12.7 Å². The number of nitrogens with zero attached hydrogens (tertiary/aromatic N) is 2. The number of aliphatic hydroxyl groups is 1. The number of carbonyl (C=O) groups is 3. The molecule has 0 unspecified atom stereocenters. The summed E-state index contributed by atoms with van der Waals surface area (Å²) in [5.74, 6) is -3.62. The first-order valence-electron chi connectivity index (χ1n) is 12.0. The third kappa shape index (κ3) is 4.09. The van der Waals surface area contributed by atoms with Gasteiger partial charge in [0.2, 0.25) is 11.8 Å². The van der Waals surface area contributed by atoms with Crippen LogP contribution in [-0.2, 0) is 19.1 Å². The average Bonchev–Trinajstić information content (AvgIpc) is 3.32. The van der Waals surface area contributed by atoms with E-state index in [2.05, 4.69) is 27.4 Å². The lowest BCUT2D eigenvalue weighted by Crippen LogP contribution is -2.62. The number of rotatable bonds is 9. The Morgan fingerprint density at radius 3 is 2.45 bits per heavy atom. The van der Waals surface area contributed by atoms with Gasteiger partial charge in [0.05, 0.1) is 30.6 Å². The normalized spacial score (nSPS) is 32.1. The average molecular weight is 465 g/mol. The molecule has 3 fully saturated rings. The number of ether oxygens (including phenoxy) is 1. The van der Waals surface area contributed by atoms with E-state index < -0.39 is 53.0 Å². The number of aliphatic hydroxyl groups excluding tert-OH is 1. The molecule has 3 saturated heterocycles. The molecule has 1 spiro atoms. The number of fused-ring (bicyclic) bond motifs is 1. The second-order valence-corrected chi connectivity index (χ2v) is 11.7. The van der Waals surface area contributed by atoms with Crippen molar-refractivity contribution < 1.29 is 29.3 Å². The molecule has 33 heavy (non-hydrogen) atoms.